The molecule has 0 unspecified atom stereocenters. The van der Waals surface area contributed by atoms with Gasteiger partial charge in [-0.15, -0.1) is 11.3 Å². The second kappa shape index (κ2) is 6.67. The summed E-state index contributed by atoms with van der Waals surface area (Å²) < 4.78 is 16.0. The van der Waals surface area contributed by atoms with E-state index in [9.17, 15) is 0 Å². The fourth-order valence-electron chi connectivity index (χ4n) is 1.98. The maximum Gasteiger partial charge on any atom is 0.203 e. The number of hydrogen-bond acceptors (Lipinski definition) is 6. The molecule has 21 heavy (non-hydrogen) atoms. The van der Waals surface area contributed by atoms with E-state index in [1.54, 1.807) is 32.7 Å². The molecule has 114 valence electrons. The van der Waals surface area contributed by atoms with E-state index < -0.39 is 0 Å². The van der Waals surface area contributed by atoms with Gasteiger partial charge in [-0.2, -0.15) is 0 Å². The summed E-state index contributed by atoms with van der Waals surface area (Å²) in [4.78, 5) is 5.76. The average molecular weight is 308 g/mol. The molecule has 0 saturated carbocycles. The Labute approximate surface area is 128 Å². The van der Waals surface area contributed by atoms with Gasteiger partial charge in [-0.3, -0.25) is 0 Å². The quantitative estimate of drug-likeness (QED) is 0.886. The number of methoxy groups -OCH3 is 3. The van der Waals surface area contributed by atoms with Crippen LogP contribution in [-0.4, -0.2) is 26.3 Å². The van der Waals surface area contributed by atoms with Crippen LogP contribution in [0, 0.1) is 13.8 Å². The Morgan fingerprint density at radius 3 is 2.10 bits per heavy atom. The lowest BCUT2D eigenvalue weighted by Gasteiger charge is -2.14. The van der Waals surface area contributed by atoms with Crippen molar-refractivity contribution >= 4 is 17.0 Å². The Bertz CT molecular complexity index is 581. The van der Waals surface area contributed by atoms with Crippen LogP contribution in [0.3, 0.4) is 0 Å². The molecule has 0 bridgehead atoms. The standard InChI is InChI=1S/C15H20N2O3S/c1-9-10(2)21-14(17-9)8-16-11-6-12(18-3)15(20-5)13(7-11)19-4/h6-7,16H,8H2,1-5H3. The number of benzene rings is 1. The fraction of sp³-hybridized carbons (Fsp3) is 0.400. The lowest BCUT2D eigenvalue weighted by Crippen LogP contribution is -2.01. The molecule has 1 aromatic heterocycles. The van der Waals surface area contributed by atoms with Gasteiger partial charge in [0.25, 0.3) is 0 Å². The van der Waals surface area contributed by atoms with Crippen molar-refractivity contribution in [2.75, 3.05) is 26.6 Å². The molecule has 2 rings (SSSR count). The number of ether oxygens (including phenoxy) is 3. The average Bonchev–Trinajstić information content (AvgIpc) is 2.82. The maximum atomic E-state index is 5.34. The lowest BCUT2D eigenvalue weighted by molar-refractivity contribution is 0.324. The molecule has 0 atom stereocenters. The molecule has 1 N–H and O–H groups in total. The topological polar surface area (TPSA) is 52.6 Å². The number of nitrogens with one attached hydrogen (secondary N) is 1. The first-order valence-electron chi connectivity index (χ1n) is 6.55. The molecule has 0 radical (unpaired) electrons. The molecule has 1 heterocycles. The van der Waals surface area contributed by atoms with Gasteiger partial charge in [-0.1, -0.05) is 0 Å². The third kappa shape index (κ3) is 3.39. The monoisotopic (exact) mass is 308 g/mol. The first kappa shape index (κ1) is 15.4. The number of aryl methyl sites for hydroxylation is 2. The maximum absolute atomic E-state index is 5.34. The Kier molecular flexibility index (Phi) is 4.90. The molecule has 2 aromatic rings. The molecular formula is C15H20N2O3S. The van der Waals surface area contributed by atoms with Crippen LogP contribution in [-0.2, 0) is 6.54 Å². The van der Waals surface area contributed by atoms with Crippen LogP contribution < -0.4 is 19.5 Å². The highest BCUT2D eigenvalue weighted by Gasteiger charge is 2.13. The molecule has 0 spiro atoms. The van der Waals surface area contributed by atoms with Gasteiger partial charge in [0.05, 0.1) is 33.6 Å². The van der Waals surface area contributed by atoms with Gasteiger partial charge in [0.15, 0.2) is 11.5 Å². The lowest BCUT2D eigenvalue weighted by atomic mass is 10.2. The smallest absolute Gasteiger partial charge is 0.203 e. The zero-order valence-corrected chi connectivity index (χ0v) is 13.8. The summed E-state index contributed by atoms with van der Waals surface area (Å²) in [5.74, 6) is 1.85. The fourth-order valence-corrected chi connectivity index (χ4v) is 2.85. The van der Waals surface area contributed by atoms with Crippen LogP contribution in [0.1, 0.15) is 15.6 Å². The van der Waals surface area contributed by atoms with Crippen molar-refractivity contribution in [2.24, 2.45) is 0 Å². The molecule has 5 nitrogen and oxygen atoms in total. The molecule has 0 aliphatic rings. The van der Waals surface area contributed by atoms with E-state index in [-0.39, 0.29) is 0 Å². The van der Waals surface area contributed by atoms with Crippen molar-refractivity contribution in [3.8, 4) is 17.2 Å². The van der Waals surface area contributed by atoms with E-state index in [0.29, 0.717) is 23.8 Å². The molecule has 0 aliphatic heterocycles. The minimum Gasteiger partial charge on any atom is -0.493 e. The molecule has 1 aromatic carbocycles. The zero-order chi connectivity index (χ0) is 15.4. The largest absolute Gasteiger partial charge is 0.493 e. The van der Waals surface area contributed by atoms with Gasteiger partial charge in [-0.25, -0.2) is 4.98 Å². The predicted octanol–water partition coefficient (Wildman–Crippen LogP) is 3.40. The number of nitrogens with zero attached hydrogens (tertiary/aromatic N) is 1. The summed E-state index contributed by atoms with van der Waals surface area (Å²) in [6.45, 7) is 4.77. The van der Waals surface area contributed by atoms with E-state index in [0.717, 1.165) is 16.4 Å². The summed E-state index contributed by atoms with van der Waals surface area (Å²) in [6, 6.07) is 3.77. The third-order valence-electron chi connectivity index (χ3n) is 3.18. The van der Waals surface area contributed by atoms with Crippen LogP contribution in [0.5, 0.6) is 17.2 Å². The number of anilines is 1. The van der Waals surface area contributed by atoms with Gasteiger partial charge in [0.1, 0.15) is 5.01 Å². The molecule has 0 saturated heterocycles. The van der Waals surface area contributed by atoms with Gasteiger partial charge in [-0.05, 0) is 13.8 Å². The van der Waals surface area contributed by atoms with Crippen LogP contribution in [0.25, 0.3) is 0 Å². The Morgan fingerprint density at radius 1 is 1.05 bits per heavy atom. The van der Waals surface area contributed by atoms with Crippen molar-refractivity contribution < 1.29 is 14.2 Å². The second-order valence-corrected chi connectivity index (χ2v) is 5.80. The Hall–Kier alpha value is -1.95. The highest BCUT2D eigenvalue weighted by molar-refractivity contribution is 7.11. The summed E-state index contributed by atoms with van der Waals surface area (Å²) in [7, 11) is 4.80. The van der Waals surface area contributed by atoms with Crippen LogP contribution in [0.15, 0.2) is 12.1 Å². The van der Waals surface area contributed by atoms with Gasteiger partial charge in [0.2, 0.25) is 5.75 Å². The number of hydrogen-bond donors (Lipinski definition) is 1. The summed E-state index contributed by atoms with van der Waals surface area (Å²) >= 11 is 1.70. The summed E-state index contributed by atoms with van der Waals surface area (Å²) in [5.41, 5.74) is 1.98. The van der Waals surface area contributed by atoms with Crippen molar-refractivity contribution in [3.63, 3.8) is 0 Å². The van der Waals surface area contributed by atoms with Gasteiger partial charge < -0.3 is 19.5 Å². The highest BCUT2D eigenvalue weighted by Crippen LogP contribution is 2.40. The molecule has 0 fully saturated rings. The number of rotatable bonds is 6. The number of thiazole rings is 1. The summed E-state index contributed by atoms with van der Waals surface area (Å²) in [6.07, 6.45) is 0. The Balaban J connectivity index is 2.19. The van der Waals surface area contributed by atoms with E-state index in [1.807, 2.05) is 19.1 Å². The predicted molar refractivity (Wildman–Crippen MR) is 85.0 cm³/mol. The highest BCUT2D eigenvalue weighted by atomic mass is 32.1. The first-order chi connectivity index (χ1) is 10.1. The minimum absolute atomic E-state index is 0.589. The number of aromatic nitrogens is 1. The molecule has 6 heteroatoms. The van der Waals surface area contributed by atoms with Crippen LogP contribution in [0.2, 0.25) is 0 Å². The van der Waals surface area contributed by atoms with Crippen molar-refractivity contribution in [1.82, 2.24) is 4.98 Å². The molecular weight excluding hydrogens is 288 g/mol. The SMILES string of the molecule is COc1cc(NCc2nc(C)c(C)s2)cc(OC)c1OC. The normalized spacial score (nSPS) is 10.3. The van der Waals surface area contributed by atoms with E-state index in [1.165, 1.54) is 4.88 Å². The zero-order valence-electron chi connectivity index (χ0n) is 12.9. The van der Waals surface area contributed by atoms with Crippen molar-refractivity contribution in [3.05, 3.63) is 27.7 Å². The van der Waals surface area contributed by atoms with E-state index >= 15 is 0 Å². The van der Waals surface area contributed by atoms with Crippen molar-refractivity contribution in [1.29, 1.82) is 0 Å². The summed E-state index contributed by atoms with van der Waals surface area (Å²) in [5, 5.41) is 4.39. The van der Waals surface area contributed by atoms with Crippen LogP contribution in [0.4, 0.5) is 5.69 Å². The third-order valence-corrected chi connectivity index (χ3v) is 4.25. The van der Waals surface area contributed by atoms with E-state index in [2.05, 4.69) is 17.2 Å². The Morgan fingerprint density at radius 2 is 1.67 bits per heavy atom. The second-order valence-electron chi connectivity index (χ2n) is 4.52. The van der Waals surface area contributed by atoms with Gasteiger partial charge in [0, 0.05) is 22.7 Å². The molecule has 0 aliphatic carbocycles. The van der Waals surface area contributed by atoms with E-state index in [4.69, 9.17) is 14.2 Å². The first-order valence-corrected chi connectivity index (χ1v) is 7.37. The van der Waals surface area contributed by atoms with Crippen molar-refractivity contribution in [2.45, 2.75) is 20.4 Å². The molecule has 0 amide bonds. The van der Waals surface area contributed by atoms with Gasteiger partial charge >= 0.3 is 0 Å². The van der Waals surface area contributed by atoms with Crippen LogP contribution >= 0.6 is 11.3 Å². The minimum atomic E-state index is 0.589.